The van der Waals surface area contributed by atoms with Gasteiger partial charge in [-0.3, -0.25) is 4.18 Å². The standard InChI is InChI=1S/C2H6.CH4O4S.H3N/c1-2;1-5-6(2,3)4;/h1-2H3;1H3,(H,2,3,4);1H3. The molecule has 4 N–H and O–H groups in total. The van der Waals surface area contributed by atoms with Gasteiger partial charge in [0.1, 0.15) is 0 Å². The molecule has 0 unspecified atom stereocenters. The third-order valence-electron chi connectivity index (χ3n) is 0.204. The quantitative estimate of drug-likeness (QED) is 0.444. The molecule has 0 atom stereocenters. The summed E-state index contributed by atoms with van der Waals surface area (Å²) in [6.07, 6.45) is 0. The molecule has 5 nitrogen and oxygen atoms in total. The fourth-order valence-corrected chi connectivity index (χ4v) is 0. The molecule has 0 saturated carbocycles. The van der Waals surface area contributed by atoms with Crippen LogP contribution in [0.25, 0.3) is 0 Å². The van der Waals surface area contributed by atoms with Crippen LogP contribution in [-0.2, 0) is 14.6 Å². The Balaban J connectivity index is -0.000000109. The molecule has 9 heavy (non-hydrogen) atoms. The van der Waals surface area contributed by atoms with Crippen LogP contribution in [0.3, 0.4) is 0 Å². The van der Waals surface area contributed by atoms with E-state index < -0.39 is 10.4 Å². The molecule has 0 aliphatic heterocycles. The highest BCUT2D eigenvalue weighted by Gasteiger charge is 1.79. The van der Waals surface area contributed by atoms with Crippen molar-refractivity contribution in [3.63, 3.8) is 0 Å². The maximum absolute atomic E-state index is 9.22. The van der Waals surface area contributed by atoms with Crippen LogP contribution in [0.2, 0.25) is 0 Å². The van der Waals surface area contributed by atoms with Crippen molar-refractivity contribution in [1.29, 1.82) is 0 Å². The second-order valence-corrected chi connectivity index (χ2v) is 1.72. The van der Waals surface area contributed by atoms with Gasteiger partial charge in [-0.15, -0.1) is 0 Å². The summed E-state index contributed by atoms with van der Waals surface area (Å²) in [5.74, 6) is 0. The van der Waals surface area contributed by atoms with Gasteiger partial charge in [-0.25, -0.2) is 8.42 Å². The van der Waals surface area contributed by atoms with Gasteiger partial charge >= 0.3 is 0 Å². The molecule has 0 heterocycles. The Morgan fingerprint density at radius 2 is 1.44 bits per heavy atom. The van der Waals surface area contributed by atoms with Crippen molar-refractivity contribution in [2.45, 2.75) is 13.8 Å². The predicted octanol–water partition coefficient (Wildman–Crippen LogP) is 0.495. The molecule has 0 radical (unpaired) electrons. The molecular formula is C3H13NO4S. The molecule has 0 spiro atoms. The van der Waals surface area contributed by atoms with E-state index >= 15 is 0 Å². The van der Waals surface area contributed by atoms with E-state index in [9.17, 15) is 13.0 Å². The Morgan fingerprint density at radius 1 is 1.33 bits per heavy atom. The van der Waals surface area contributed by atoms with Crippen LogP contribution in [-0.4, -0.2) is 20.1 Å². The largest absolute Gasteiger partial charge is 0.726 e. The number of quaternary nitrogens is 1. The molecule has 0 bridgehead atoms. The topological polar surface area (TPSA) is 103 Å². The summed E-state index contributed by atoms with van der Waals surface area (Å²) in [5, 5.41) is 0. The van der Waals surface area contributed by atoms with Gasteiger partial charge in [0.15, 0.2) is 0 Å². The van der Waals surface area contributed by atoms with Crippen molar-refractivity contribution in [1.82, 2.24) is 6.15 Å². The van der Waals surface area contributed by atoms with Crippen molar-refractivity contribution in [3.05, 3.63) is 0 Å². The Labute approximate surface area is 55.6 Å². The van der Waals surface area contributed by atoms with Gasteiger partial charge in [0.25, 0.3) is 0 Å². The molecule has 0 amide bonds. The van der Waals surface area contributed by atoms with E-state index in [1.54, 1.807) is 0 Å². The first kappa shape index (κ1) is 15.9. The van der Waals surface area contributed by atoms with Crippen LogP contribution in [0.5, 0.6) is 0 Å². The van der Waals surface area contributed by atoms with Gasteiger partial charge in [0.05, 0.1) is 7.11 Å². The van der Waals surface area contributed by atoms with Crippen LogP contribution in [0, 0.1) is 0 Å². The van der Waals surface area contributed by atoms with Crippen LogP contribution >= 0.6 is 0 Å². The zero-order valence-corrected chi connectivity index (χ0v) is 6.86. The third kappa shape index (κ3) is 33.2. The lowest BCUT2D eigenvalue weighted by Crippen LogP contribution is -1.97. The Hall–Kier alpha value is -0.170. The second kappa shape index (κ2) is 7.83. The lowest BCUT2D eigenvalue weighted by atomic mass is 11.0. The fraction of sp³-hybridized carbons (Fsp3) is 1.00. The van der Waals surface area contributed by atoms with E-state index in [0.717, 1.165) is 7.11 Å². The monoisotopic (exact) mass is 159 g/mol. The second-order valence-electron chi connectivity index (χ2n) is 0.575. The van der Waals surface area contributed by atoms with E-state index in [2.05, 4.69) is 4.18 Å². The third-order valence-corrected chi connectivity index (χ3v) is 0.612. The van der Waals surface area contributed by atoms with E-state index in [1.165, 1.54) is 0 Å². The number of hydrogen-bond acceptors (Lipinski definition) is 4. The summed E-state index contributed by atoms with van der Waals surface area (Å²) >= 11 is 0. The minimum atomic E-state index is -4.41. The lowest BCUT2D eigenvalue weighted by Gasteiger charge is -1.98. The molecular weight excluding hydrogens is 146 g/mol. The predicted molar refractivity (Wildman–Crippen MR) is 34.0 cm³/mol. The van der Waals surface area contributed by atoms with Gasteiger partial charge in [-0.2, -0.15) is 0 Å². The summed E-state index contributed by atoms with van der Waals surface area (Å²) in [6.45, 7) is 4.00. The van der Waals surface area contributed by atoms with E-state index in [1.807, 2.05) is 13.8 Å². The first-order chi connectivity index (χ1) is 3.56. The molecule has 0 fully saturated rings. The lowest BCUT2D eigenvalue weighted by molar-refractivity contribution is 0.314. The normalized spacial score (nSPS) is 8.44. The summed E-state index contributed by atoms with van der Waals surface area (Å²) in [5.41, 5.74) is 0. The number of hydrogen-bond donors (Lipinski definition) is 1. The van der Waals surface area contributed by atoms with Gasteiger partial charge in [-0.05, 0) is 0 Å². The molecule has 60 valence electrons. The summed E-state index contributed by atoms with van der Waals surface area (Å²) in [4.78, 5) is 0. The first-order valence-corrected chi connectivity index (χ1v) is 3.41. The molecule has 0 saturated heterocycles. The first-order valence-electron chi connectivity index (χ1n) is 2.07. The number of rotatable bonds is 1. The van der Waals surface area contributed by atoms with E-state index in [4.69, 9.17) is 0 Å². The van der Waals surface area contributed by atoms with Gasteiger partial charge in [0.2, 0.25) is 10.4 Å². The summed E-state index contributed by atoms with van der Waals surface area (Å²) in [6, 6.07) is 0. The molecule has 0 aliphatic carbocycles. The Bertz CT molecular complexity index is 118. The van der Waals surface area contributed by atoms with Crippen LogP contribution in [0.4, 0.5) is 0 Å². The molecule has 0 aromatic rings. The van der Waals surface area contributed by atoms with E-state index in [0.29, 0.717) is 0 Å². The zero-order chi connectivity index (χ0) is 7.21. The highest BCUT2D eigenvalue weighted by atomic mass is 32.3. The highest BCUT2D eigenvalue weighted by Crippen LogP contribution is 1.74. The molecule has 0 rings (SSSR count). The molecule has 0 aliphatic rings. The minimum absolute atomic E-state index is 0. The average molecular weight is 159 g/mol. The van der Waals surface area contributed by atoms with Crippen molar-refractivity contribution < 1.29 is 17.2 Å². The van der Waals surface area contributed by atoms with Crippen LogP contribution < -0.4 is 6.15 Å². The maximum atomic E-state index is 9.22. The smallest absolute Gasteiger partial charge is 0.217 e. The Morgan fingerprint density at radius 3 is 1.44 bits per heavy atom. The van der Waals surface area contributed by atoms with Crippen LogP contribution in [0.15, 0.2) is 0 Å². The fourth-order valence-electron chi connectivity index (χ4n) is 0. The van der Waals surface area contributed by atoms with Crippen LogP contribution in [0.1, 0.15) is 13.8 Å². The summed E-state index contributed by atoms with van der Waals surface area (Å²) < 4.78 is 31.0. The van der Waals surface area contributed by atoms with Crippen molar-refractivity contribution in [3.8, 4) is 0 Å². The van der Waals surface area contributed by atoms with Crippen molar-refractivity contribution in [2.24, 2.45) is 0 Å². The van der Waals surface area contributed by atoms with Crippen molar-refractivity contribution in [2.75, 3.05) is 7.11 Å². The maximum Gasteiger partial charge on any atom is 0.217 e. The van der Waals surface area contributed by atoms with Crippen molar-refractivity contribution >= 4 is 10.4 Å². The highest BCUT2D eigenvalue weighted by molar-refractivity contribution is 7.80. The average Bonchev–Trinajstić information content (AvgIpc) is 1.71. The molecule has 6 heteroatoms. The zero-order valence-electron chi connectivity index (χ0n) is 6.04. The van der Waals surface area contributed by atoms with Gasteiger partial charge < -0.3 is 10.7 Å². The van der Waals surface area contributed by atoms with E-state index in [-0.39, 0.29) is 6.15 Å². The van der Waals surface area contributed by atoms with Gasteiger partial charge in [0, 0.05) is 0 Å². The molecule has 0 aromatic carbocycles. The van der Waals surface area contributed by atoms with Gasteiger partial charge in [-0.1, -0.05) is 13.8 Å². The minimum Gasteiger partial charge on any atom is -0.726 e. The summed E-state index contributed by atoms with van der Waals surface area (Å²) in [7, 11) is -3.60. The Kier molecular flexibility index (Phi) is 13.9. The SMILES string of the molecule is CC.COS(=O)(=O)[O-].[NH4+]. The molecule has 0 aromatic heterocycles.